The van der Waals surface area contributed by atoms with Crippen molar-refractivity contribution in [1.29, 1.82) is 0 Å². The van der Waals surface area contributed by atoms with E-state index in [4.69, 9.17) is 30.3 Å². The van der Waals surface area contributed by atoms with Gasteiger partial charge in [-0.3, -0.25) is 0 Å². The lowest BCUT2D eigenvalue weighted by Gasteiger charge is -2.34. The van der Waals surface area contributed by atoms with E-state index in [2.05, 4.69) is 4.90 Å². The molecule has 35 heavy (non-hydrogen) atoms. The number of anilines is 2. The number of carbonyl (C=O) groups is 1. The Morgan fingerprint density at radius 3 is 2.57 bits per heavy atom. The molecule has 0 radical (unpaired) electrons. The first kappa shape index (κ1) is 23.3. The molecule has 1 aromatic carbocycles. The highest BCUT2D eigenvalue weighted by molar-refractivity contribution is 5.89. The zero-order chi connectivity index (χ0) is 24.6. The molecule has 0 unspecified atom stereocenters. The van der Waals surface area contributed by atoms with E-state index in [-0.39, 0.29) is 12.1 Å². The number of hydrogen-bond acceptors (Lipinski definition) is 8. The minimum Gasteiger partial charge on any atom is -0.444 e. The highest BCUT2D eigenvalue weighted by atomic mass is 16.6. The third kappa shape index (κ3) is 5.02. The molecule has 2 fully saturated rings. The quantitative estimate of drug-likeness (QED) is 0.568. The number of nitrogen functional groups attached to an aromatic ring is 1. The number of piperidine rings is 1. The molecule has 1 amide bonds. The van der Waals surface area contributed by atoms with Crippen LogP contribution in [0.3, 0.4) is 0 Å². The summed E-state index contributed by atoms with van der Waals surface area (Å²) in [6, 6.07) is 7.58. The second-order valence-corrected chi connectivity index (χ2v) is 10.1. The van der Waals surface area contributed by atoms with Gasteiger partial charge in [-0.1, -0.05) is 0 Å². The SMILES string of the molecule is CC(C)(C)OC(=O)N1CCC[C@@H](n2ncc3c(N4CCOCC4)nc(-c4ccc(N)cc4)nc32)C1. The number of carbonyl (C=O) groups excluding carboxylic acids is 1. The van der Waals surface area contributed by atoms with Crippen molar-refractivity contribution in [1.82, 2.24) is 24.6 Å². The van der Waals surface area contributed by atoms with Crippen molar-refractivity contribution < 1.29 is 14.3 Å². The highest BCUT2D eigenvalue weighted by Crippen LogP contribution is 2.32. The van der Waals surface area contributed by atoms with Gasteiger partial charge in [0.2, 0.25) is 0 Å². The third-order valence-corrected chi connectivity index (χ3v) is 6.31. The van der Waals surface area contributed by atoms with Crippen LogP contribution in [0.4, 0.5) is 16.3 Å². The number of fused-ring (bicyclic) bond motifs is 1. The first-order chi connectivity index (χ1) is 16.8. The lowest BCUT2D eigenvalue weighted by molar-refractivity contribution is 0.0169. The van der Waals surface area contributed by atoms with Crippen LogP contribution < -0.4 is 10.6 Å². The van der Waals surface area contributed by atoms with E-state index in [0.29, 0.717) is 37.8 Å². The molecule has 1 atom stereocenters. The maximum absolute atomic E-state index is 12.7. The smallest absolute Gasteiger partial charge is 0.410 e. The fourth-order valence-corrected chi connectivity index (χ4v) is 4.60. The summed E-state index contributed by atoms with van der Waals surface area (Å²) in [6.45, 7) is 9.69. The predicted molar refractivity (Wildman–Crippen MR) is 134 cm³/mol. The Labute approximate surface area is 205 Å². The van der Waals surface area contributed by atoms with Gasteiger partial charge in [0.15, 0.2) is 11.5 Å². The van der Waals surface area contributed by atoms with Gasteiger partial charge in [-0.2, -0.15) is 5.10 Å². The first-order valence-electron chi connectivity index (χ1n) is 12.2. The predicted octanol–water partition coefficient (Wildman–Crippen LogP) is 3.48. The lowest BCUT2D eigenvalue weighted by atomic mass is 10.1. The van der Waals surface area contributed by atoms with Gasteiger partial charge in [0, 0.05) is 37.4 Å². The molecule has 186 valence electrons. The maximum atomic E-state index is 12.7. The Morgan fingerprint density at radius 2 is 1.86 bits per heavy atom. The van der Waals surface area contributed by atoms with Gasteiger partial charge in [0.05, 0.1) is 30.8 Å². The van der Waals surface area contributed by atoms with E-state index < -0.39 is 5.60 Å². The molecular weight excluding hydrogens is 446 g/mol. The molecule has 2 aromatic heterocycles. The van der Waals surface area contributed by atoms with Crippen LogP contribution in [-0.2, 0) is 9.47 Å². The molecule has 0 aliphatic carbocycles. The van der Waals surface area contributed by atoms with Gasteiger partial charge < -0.3 is 25.0 Å². The molecule has 0 spiro atoms. The van der Waals surface area contributed by atoms with E-state index in [9.17, 15) is 4.79 Å². The summed E-state index contributed by atoms with van der Waals surface area (Å²) in [7, 11) is 0. The van der Waals surface area contributed by atoms with Gasteiger partial charge in [0.25, 0.3) is 0 Å². The van der Waals surface area contributed by atoms with Crippen LogP contribution in [0.25, 0.3) is 22.4 Å². The number of morpholine rings is 1. The number of nitrogens with two attached hydrogens (primary N) is 1. The minimum absolute atomic E-state index is 0.000440. The summed E-state index contributed by atoms with van der Waals surface area (Å²) in [5.74, 6) is 1.48. The molecule has 0 saturated carbocycles. The van der Waals surface area contributed by atoms with Crippen molar-refractivity contribution in [2.45, 2.75) is 45.3 Å². The molecule has 2 saturated heterocycles. The number of hydrogen-bond donors (Lipinski definition) is 1. The van der Waals surface area contributed by atoms with E-state index in [1.54, 1.807) is 4.90 Å². The monoisotopic (exact) mass is 479 g/mol. The van der Waals surface area contributed by atoms with Crippen molar-refractivity contribution in [3.63, 3.8) is 0 Å². The zero-order valence-electron chi connectivity index (χ0n) is 20.6. The second-order valence-electron chi connectivity index (χ2n) is 10.1. The lowest BCUT2D eigenvalue weighted by Crippen LogP contribution is -2.43. The van der Waals surface area contributed by atoms with E-state index in [0.717, 1.165) is 48.3 Å². The van der Waals surface area contributed by atoms with Crippen LogP contribution in [0.2, 0.25) is 0 Å². The van der Waals surface area contributed by atoms with Crippen molar-refractivity contribution in [3.05, 3.63) is 30.5 Å². The molecule has 0 bridgehead atoms. The highest BCUT2D eigenvalue weighted by Gasteiger charge is 2.30. The third-order valence-electron chi connectivity index (χ3n) is 6.31. The Hall–Kier alpha value is -3.40. The van der Waals surface area contributed by atoms with Crippen LogP contribution in [0.5, 0.6) is 0 Å². The molecule has 4 heterocycles. The number of nitrogens with zero attached hydrogens (tertiary/aromatic N) is 6. The van der Waals surface area contributed by atoms with Crippen molar-refractivity contribution in [2.75, 3.05) is 50.0 Å². The van der Waals surface area contributed by atoms with Gasteiger partial charge in [-0.25, -0.2) is 19.4 Å². The topological polar surface area (TPSA) is 112 Å². The first-order valence-corrected chi connectivity index (χ1v) is 12.2. The van der Waals surface area contributed by atoms with Crippen LogP contribution >= 0.6 is 0 Å². The van der Waals surface area contributed by atoms with E-state index in [1.807, 2.05) is 55.9 Å². The molecule has 2 aliphatic heterocycles. The number of rotatable bonds is 3. The number of benzene rings is 1. The summed E-state index contributed by atoms with van der Waals surface area (Å²) in [5.41, 5.74) is 7.72. The normalized spacial score (nSPS) is 19.2. The summed E-state index contributed by atoms with van der Waals surface area (Å²) in [6.07, 6.45) is 3.34. The minimum atomic E-state index is -0.531. The number of ether oxygens (including phenoxy) is 2. The molecule has 2 aliphatic rings. The molecule has 10 heteroatoms. The Balaban J connectivity index is 1.53. The number of amides is 1. The van der Waals surface area contributed by atoms with Gasteiger partial charge in [0.1, 0.15) is 11.4 Å². The molecular formula is C25H33N7O3. The van der Waals surface area contributed by atoms with Crippen molar-refractivity contribution >= 4 is 28.6 Å². The van der Waals surface area contributed by atoms with Crippen LogP contribution in [0.15, 0.2) is 30.5 Å². The summed E-state index contributed by atoms with van der Waals surface area (Å²) in [4.78, 5) is 26.6. The van der Waals surface area contributed by atoms with E-state index >= 15 is 0 Å². The van der Waals surface area contributed by atoms with Crippen LogP contribution in [0, 0.1) is 0 Å². The summed E-state index contributed by atoms with van der Waals surface area (Å²) >= 11 is 0. The fourth-order valence-electron chi connectivity index (χ4n) is 4.60. The maximum Gasteiger partial charge on any atom is 0.410 e. The second kappa shape index (κ2) is 9.33. The number of likely N-dealkylation sites (tertiary alicyclic amines) is 1. The van der Waals surface area contributed by atoms with Gasteiger partial charge in [-0.05, 0) is 57.9 Å². The van der Waals surface area contributed by atoms with Crippen LogP contribution in [-0.4, -0.2) is 75.7 Å². The average Bonchev–Trinajstić information content (AvgIpc) is 3.28. The van der Waals surface area contributed by atoms with Crippen molar-refractivity contribution in [2.24, 2.45) is 0 Å². The molecule has 3 aromatic rings. The zero-order valence-corrected chi connectivity index (χ0v) is 20.6. The molecule has 2 N–H and O–H groups in total. The molecule has 5 rings (SSSR count). The number of aromatic nitrogens is 4. The van der Waals surface area contributed by atoms with Crippen molar-refractivity contribution in [3.8, 4) is 11.4 Å². The standard InChI is InChI=1S/C25H33N7O3/c1-25(2,3)35-24(33)31-10-4-5-19(16-31)32-23-20(15-27-32)22(30-11-13-34-14-12-30)28-21(29-23)17-6-8-18(26)9-7-17/h6-9,15,19H,4-5,10-14,16,26H2,1-3H3/t19-/m1/s1. The van der Waals surface area contributed by atoms with E-state index in [1.165, 1.54) is 0 Å². The van der Waals surface area contributed by atoms with Gasteiger partial charge >= 0.3 is 6.09 Å². The molecule has 10 nitrogen and oxygen atoms in total. The average molecular weight is 480 g/mol. The van der Waals surface area contributed by atoms with Gasteiger partial charge in [-0.15, -0.1) is 0 Å². The Bertz CT molecular complexity index is 1200. The Morgan fingerprint density at radius 1 is 1.11 bits per heavy atom. The Kier molecular flexibility index (Phi) is 6.22. The summed E-state index contributed by atoms with van der Waals surface area (Å²) < 4.78 is 13.1. The fraction of sp³-hybridized carbons (Fsp3) is 0.520. The summed E-state index contributed by atoms with van der Waals surface area (Å²) in [5, 5.41) is 5.65. The largest absolute Gasteiger partial charge is 0.444 e. The van der Waals surface area contributed by atoms with Crippen LogP contribution in [0.1, 0.15) is 39.7 Å².